The predicted molar refractivity (Wildman–Crippen MR) is 107 cm³/mol. The molecule has 27 heavy (non-hydrogen) atoms. The lowest BCUT2D eigenvalue weighted by Gasteiger charge is -2.41. The standard InChI is InChI=1S/C21H32N4O2/c1-4-27-21-7-5-18(6-8-21)13-25-11-10-24(16-20(25)9-12-26)15-19-14-23(3)22-17(19)2/h5-8,14,20,26H,4,9-13,15-16H2,1-3H3. The molecule has 0 saturated carbocycles. The molecule has 0 aliphatic carbocycles. The minimum Gasteiger partial charge on any atom is -0.494 e. The highest BCUT2D eigenvalue weighted by Gasteiger charge is 2.27. The van der Waals surface area contributed by atoms with Gasteiger partial charge >= 0.3 is 0 Å². The Bertz CT molecular complexity index is 713. The quantitative estimate of drug-likeness (QED) is 0.770. The second-order valence-electron chi connectivity index (χ2n) is 7.36. The maximum absolute atomic E-state index is 9.55. The molecule has 1 unspecified atom stereocenters. The molecule has 1 aliphatic heterocycles. The molecular formula is C21H32N4O2. The van der Waals surface area contributed by atoms with E-state index in [1.165, 1.54) is 11.1 Å². The van der Waals surface area contributed by atoms with Crippen molar-refractivity contribution < 1.29 is 9.84 Å². The number of aromatic nitrogens is 2. The topological polar surface area (TPSA) is 53.8 Å². The Hall–Kier alpha value is -1.89. The Balaban J connectivity index is 1.61. The van der Waals surface area contributed by atoms with E-state index >= 15 is 0 Å². The number of aliphatic hydroxyl groups excluding tert-OH is 1. The van der Waals surface area contributed by atoms with Gasteiger partial charge < -0.3 is 9.84 Å². The molecule has 1 saturated heterocycles. The van der Waals surface area contributed by atoms with Crippen molar-refractivity contribution in [2.24, 2.45) is 7.05 Å². The van der Waals surface area contributed by atoms with E-state index in [1.54, 1.807) is 0 Å². The summed E-state index contributed by atoms with van der Waals surface area (Å²) in [6.07, 6.45) is 2.92. The molecule has 1 aliphatic rings. The van der Waals surface area contributed by atoms with Crippen LogP contribution < -0.4 is 4.74 Å². The lowest BCUT2D eigenvalue weighted by atomic mass is 10.1. The Morgan fingerprint density at radius 1 is 1.19 bits per heavy atom. The third-order valence-corrected chi connectivity index (χ3v) is 5.28. The van der Waals surface area contributed by atoms with Crippen LogP contribution in [-0.4, -0.2) is 63.6 Å². The Morgan fingerprint density at radius 3 is 2.59 bits per heavy atom. The SMILES string of the molecule is CCOc1ccc(CN2CCN(Cc3cn(C)nc3C)CC2CCO)cc1. The van der Waals surface area contributed by atoms with Gasteiger partial charge in [0, 0.05) is 64.2 Å². The maximum Gasteiger partial charge on any atom is 0.119 e. The molecule has 3 rings (SSSR count). The number of benzene rings is 1. The summed E-state index contributed by atoms with van der Waals surface area (Å²) in [5.74, 6) is 0.921. The van der Waals surface area contributed by atoms with Crippen LogP contribution in [0.4, 0.5) is 0 Å². The van der Waals surface area contributed by atoms with Crippen molar-refractivity contribution in [1.82, 2.24) is 19.6 Å². The molecule has 0 amide bonds. The van der Waals surface area contributed by atoms with Crippen LogP contribution in [0.15, 0.2) is 30.5 Å². The highest BCUT2D eigenvalue weighted by atomic mass is 16.5. The third-order valence-electron chi connectivity index (χ3n) is 5.28. The van der Waals surface area contributed by atoms with Gasteiger partial charge in [-0.15, -0.1) is 0 Å². The number of nitrogens with zero attached hydrogens (tertiary/aromatic N) is 4. The first-order valence-electron chi connectivity index (χ1n) is 9.87. The molecule has 0 bridgehead atoms. The van der Waals surface area contributed by atoms with Crippen molar-refractivity contribution >= 4 is 0 Å². The van der Waals surface area contributed by atoms with E-state index < -0.39 is 0 Å². The number of aliphatic hydroxyl groups is 1. The fourth-order valence-electron chi connectivity index (χ4n) is 3.87. The first kappa shape index (κ1) is 19.9. The zero-order valence-electron chi connectivity index (χ0n) is 16.8. The normalized spacial score (nSPS) is 18.7. The minimum absolute atomic E-state index is 0.226. The minimum atomic E-state index is 0.226. The lowest BCUT2D eigenvalue weighted by molar-refractivity contribution is 0.0499. The summed E-state index contributed by atoms with van der Waals surface area (Å²) >= 11 is 0. The molecule has 6 nitrogen and oxygen atoms in total. The van der Waals surface area contributed by atoms with Crippen molar-refractivity contribution in [2.45, 2.75) is 39.4 Å². The molecule has 1 aromatic heterocycles. The van der Waals surface area contributed by atoms with E-state index in [1.807, 2.05) is 30.8 Å². The largest absolute Gasteiger partial charge is 0.494 e. The van der Waals surface area contributed by atoms with Crippen LogP contribution in [0.5, 0.6) is 5.75 Å². The molecule has 148 valence electrons. The highest BCUT2D eigenvalue weighted by Crippen LogP contribution is 2.20. The lowest BCUT2D eigenvalue weighted by Crippen LogP contribution is -2.52. The number of hydrogen-bond acceptors (Lipinski definition) is 5. The van der Waals surface area contributed by atoms with Gasteiger partial charge in [0.05, 0.1) is 12.3 Å². The molecular weight excluding hydrogens is 340 g/mol. The maximum atomic E-state index is 9.55. The average molecular weight is 373 g/mol. The van der Waals surface area contributed by atoms with Crippen LogP contribution in [0.25, 0.3) is 0 Å². The van der Waals surface area contributed by atoms with Crippen LogP contribution in [0.3, 0.4) is 0 Å². The summed E-state index contributed by atoms with van der Waals surface area (Å²) in [5.41, 5.74) is 3.69. The van der Waals surface area contributed by atoms with Gasteiger partial charge in [-0.25, -0.2) is 0 Å². The molecule has 6 heteroatoms. The summed E-state index contributed by atoms with van der Waals surface area (Å²) in [7, 11) is 1.97. The monoisotopic (exact) mass is 372 g/mol. The summed E-state index contributed by atoms with van der Waals surface area (Å²) in [6.45, 7) is 9.86. The van der Waals surface area contributed by atoms with E-state index in [0.29, 0.717) is 12.6 Å². The van der Waals surface area contributed by atoms with E-state index in [2.05, 4.69) is 40.2 Å². The molecule has 2 aromatic rings. The summed E-state index contributed by atoms with van der Waals surface area (Å²) in [4.78, 5) is 4.98. The molecule has 0 radical (unpaired) electrons. The van der Waals surface area contributed by atoms with Gasteiger partial charge in [-0.3, -0.25) is 14.5 Å². The van der Waals surface area contributed by atoms with Crippen LogP contribution in [0.2, 0.25) is 0 Å². The predicted octanol–water partition coefficient (Wildman–Crippen LogP) is 2.20. The Labute approximate surface area is 162 Å². The molecule has 1 atom stereocenters. The fraction of sp³-hybridized carbons (Fsp3) is 0.571. The van der Waals surface area contributed by atoms with E-state index in [9.17, 15) is 5.11 Å². The van der Waals surface area contributed by atoms with Crippen LogP contribution in [0, 0.1) is 6.92 Å². The summed E-state index contributed by atoms with van der Waals surface area (Å²) in [6, 6.07) is 8.74. The van der Waals surface area contributed by atoms with Gasteiger partial charge in [0.1, 0.15) is 5.75 Å². The van der Waals surface area contributed by atoms with Gasteiger partial charge in [-0.1, -0.05) is 12.1 Å². The zero-order valence-corrected chi connectivity index (χ0v) is 16.8. The van der Waals surface area contributed by atoms with Crippen LogP contribution in [-0.2, 0) is 20.1 Å². The van der Waals surface area contributed by atoms with E-state index in [4.69, 9.17) is 4.74 Å². The number of rotatable bonds is 8. The fourth-order valence-corrected chi connectivity index (χ4v) is 3.87. The molecule has 0 spiro atoms. The van der Waals surface area contributed by atoms with E-state index in [-0.39, 0.29) is 6.61 Å². The zero-order chi connectivity index (χ0) is 19.2. The first-order valence-corrected chi connectivity index (χ1v) is 9.87. The third kappa shape index (κ3) is 5.31. The molecule has 1 N–H and O–H groups in total. The Kier molecular flexibility index (Phi) is 6.88. The second kappa shape index (κ2) is 9.35. The van der Waals surface area contributed by atoms with Gasteiger partial charge in [0.25, 0.3) is 0 Å². The van der Waals surface area contributed by atoms with Crippen LogP contribution >= 0.6 is 0 Å². The molecule has 2 heterocycles. The average Bonchev–Trinajstić information content (AvgIpc) is 2.96. The van der Waals surface area contributed by atoms with Crippen molar-refractivity contribution in [3.8, 4) is 5.75 Å². The van der Waals surface area contributed by atoms with Crippen molar-refractivity contribution in [3.63, 3.8) is 0 Å². The first-order chi connectivity index (χ1) is 13.1. The molecule has 1 aromatic carbocycles. The van der Waals surface area contributed by atoms with Gasteiger partial charge in [0.15, 0.2) is 0 Å². The second-order valence-corrected chi connectivity index (χ2v) is 7.36. The number of ether oxygens (including phenoxy) is 1. The van der Waals surface area contributed by atoms with Gasteiger partial charge in [-0.2, -0.15) is 5.10 Å². The summed E-state index contributed by atoms with van der Waals surface area (Å²) in [5, 5.41) is 14.0. The summed E-state index contributed by atoms with van der Waals surface area (Å²) < 4.78 is 7.42. The van der Waals surface area contributed by atoms with Crippen LogP contribution in [0.1, 0.15) is 30.2 Å². The number of piperazine rings is 1. The molecule has 1 fully saturated rings. The number of aryl methyl sites for hydroxylation is 2. The smallest absolute Gasteiger partial charge is 0.119 e. The van der Waals surface area contributed by atoms with E-state index in [0.717, 1.165) is 50.6 Å². The van der Waals surface area contributed by atoms with Crippen molar-refractivity contribution in [3.05, 3.63) is 47.3 Å². The number of hydrogen-bond donors (Lipinski definition) is 1. The highest BCUT2D eigenvalue weighted by molar-refractivity contribution is 5.27. The Morgan fingerprint density at radius 2 is 1.96 bits per heavy atom. The van der Waals surface area contributed by atoms with Crippen molar-refractivity contribution in [2.75, 3.05) is 32.8 Å². The van der Waals surface area contributed by atoms with Gasteiger partial charge in [0.2, 0.25) is 0 Å². The van der Waals surface area contributed by atoms with Crippen molar-refractivity contribution in [1.29, 1.82) is 0 Å². The van der Waals surface area contributed by atoms with Gasteiger partial charge in [-0.05, 0) is 38.0 Å².